The predicted octanol–water partition coefficient (Wildman–Crippen LogP) is 4.54. The molecule has 3 aromatic rings. The molecular weight excluding hydrogens is 382 g/mol. The summed E-state index contributed by atoms with van der Waals surface area (Å²) in [5, 5.41) is 11.8. The molecule has 0 aliphatic rings. The van der Waals surface area contributed by atoms with Gasteiger partial charge in [0.1, 0.15) is 6.33 Å². The molecule has 7 heteroatoms. The molecule has 0 unspecified atom stereocenters. The molecule has 29 heavy (non-hydrogen) atoms. The van der Waals surface area contributed by atoms with Crippen LogP contribution in [0.15, 0.2) is 60.0 Å². The van der Waals surface area contributed by atoms with Gasteiger partial charge in [-0.15, -0.1) is 10.2 Å². The predicted molar refractivity (Wildman–Crippen MR) is 120 cm³/mol. The lowest BCUT2D eigenvalue weighted by Crippen LogP contribution is -2.30. The average molecular weight is 410 g/mol. The molecule has 0 atom stereocenters. The van der Waals surface area contributed by atoms with E-state index in [1.807, 2.05) is 60.0 Å². The number of aryl methyl sites for hydroxylation is 1. The van der Waals surface area contributed by atoms with E-state index in [-0.39, 0.29) is 11.7 Å². The average Bonchev–Trinajstić information content (AvgIpc) is 3.17. The van der Waals surface area contributed by atoms with E-state index in [2.05, 4.69) is 41.2 Å². The minimum atomic E-state index is -0.0710. The highest BCUT2D eigenvalue weighted by Crippen LogP contribution is 2.23. The van der Waals surface area contributed by atoms with Crippen molar-refractivity contribution in [3.05, 3.63) is 60.4 Å². The molecule has 0 aliphatic heterocycles. The zero-order valence-corrected chi connectivity index (χ0v) is 18.1. The van der Waals surface area contributed by atoms with Crippen molar-refractivity contribution in [1.82, 2.24) is 14.8 Å². The zero-order chi connectivity index (χ0) is 20.8. The molecule has 0 radical (unpaired) electrons. The lowest BCUT2D eigenvalue weighted by Gasteiger charge is -2.27. The number of carbonyl (C=O) groups excluding carboxylic acids is 1. The number of carbonyl (C=O) groups is 1. The number of thioether (sulfide) groups is 1. The maximum atomic E-state index is 12.4. The van der Waals surface area contributed by atoms with Crippen molar-refractivity contribution in [2.45, 2.75) is 38.9 Å². The number of amides is 1. The summed E-state index contributed by atoms with van der Waals surface area (Å²) in [6, 6.07) is 16.4. The van der Waals surface area contributed by atoms with Crippen LogP contribution in [0.25, 0.3) is 5.69 Å². The molecule has 0 aliphatic carbocycles. The number of hydrogen-bond acceptors (Lipinski definition) is 5. The van der Waals surface area contributed by atoms with Gasteiger partial charge in [-0.1, -0.05) is 30.0 Å². The molecule has 1 heterocycles. The Morgan fingerprint density at radius 1 is 1.17 bits per heavy atom. The van der Waals surface area contributed by atoms with E-state index in [1.165, 1.54) is 11.8 Å². The number of anilines is 2. The summed E-state index contributed by atoms with van der Waals surface area (Å²) < 4.78 is 1.91. The molecule has 0 spiro atoms. The van der Waals surface area contributed by atoms with Gasteiger partial charge in [0.05, 0.1) is 11.4 Å². The van der Waals surface area contributed by atoms with E-state index in [1.54, 1.807) is 6.33 Å². The van der Waals surface area contributed by atoms with E-state index in [0.717, 1.165) is 29.2 Å². The summed E-state index contributed by atoms with van der Waals surface area (Å²) in [6.45, 7) is 9.47. The topological polar surface area (TPSA) is 63.1 Å². The highest BCUT2D eigenvalue weighted by Gasteiger charge is 2.12. The number of rotatable bonds is 8. The maximum absolute atomic E-state index is 12.4. The van der Waals surface area contributed by atoms with Crippen LogP contribution < -0.4 is 10.2 Å². The summed E-state index contributed by atoms with van der Waals surface area (Å²) in [5.41, 5.74) is 4.09. The Bertz CT molecular complexity index is 952. The van der Waals surface area contributed by atoms with E-state index in [9.17, 15) is 4.79 Å². The molecule has 0 saturated carbocycles. The van der Waals surface area contributed by atoms with E-state index < -0.39 is 0 Å². The first kappa shape index (κ1) is 20.9. The maximum Gasteiger partial charge on any atom is 0.234 e. The number of aromatic nitrogens is 3. The van der Waals surface area contributed by atoms with Crippen LogP contribution in [0.4, 0.5) is 11.4 Å². The van der Waals surface area contributed by atoms with Crippen LogP contribution in [0.2, 0.25) is 0 Å². The first-order valence-electron chi connectivity index (χ1n) is 9.75. The van der Waals surface area contributed by atoms with Gasteiger partial charge in [-0.3, -0.25) is 9.36 Å². The molecule has 1 amide bonds. The molecule has 2 aromatic carbocycles. The lowest BCUT2D eigenvalue weighted by molar-refractivity contribution is -0.113. The largest absolute Gasteiger partial charge is 0.369 e. The van der Waals surface area contributed by atoms with Gasteiger partial charge < -0.3 is 10.2 Å². The van der Waals surface area contributed by atoms with Crippen molar-refractivity contribution in [3.63, 3.8) is 0 Å². The van der Waals surface area contributed by atoms with Crippen LogP contribution >= 0.6 is 11.8 Å². The number of benzene rings is 2. The van der Waals surface area contributed by atoms with Crippen molar-refractivity contribution >= 4 is 29.0 Å². The Labute approximate surface area is 176 Å². The first-order chi connectivity index (χ1) is 14.0. The third kappa shape index (κ3) is 5.17. The van der Waals surface area contributed by atoms with Gasteiger partial charge in [-0.25, -0.2) is 0 Å². The fourth-order valence-corrected chi connectivity index (χ4v) is 3.95. The van der Waals surface area contributed by atoms with Crippen molar-refractivity contribution in [1.29, 1.82) is 0 Å². The second kappa shape index (κ2) is 9.60. The van der Waals surface area contributed by atoms with Gasteiger partial charge in [0.15, 0.2) is 5.16 Å². The smallest absolute Gasteiger partial charge is 0.234 e. The summed E-state index contributed by atoms with van der Waals surface area (Å²) in [5.74, 6) is 0.192. The van der Waals surface area contributed by atoms with Crippen LogP contribution in [0.1, 0.15) is 26.3 Å². The van der Waals surface area contributed by atoms with Crippen molar-refractivity contribution in [2.75, 3.05) is 22.5 Å². The molecule has 3 rings (SSSR count). The van der Waals surface area contributed by atoms with Crippen molar-refractivity contribution < 1.29 is 4.79 Å². The van der Waals surface area contributed by atoms with Crippen LogP contribution in [-0.2, 0) is 4.79 Å². The molecule has 6 nitrogen and oxygen atoms in total. The number of nitrogens with one attached hydrogen (secondary N) is 1. The van der Waals surface area contributed by atoms with Gasteiger partial charge in [-0.05, 0) is 63.6 Å². The van der Waals surface area contributed by atoms with Gasteiger partial charge in [0, 0.05) is 24.0 Å². The summed E-state index contributed by atoms with van der Waals surface area (Å²) in [6.07, 6.45) is 1.68. The Kier molecular flexibility index (Phi) is 6.93. The minimum absolute atomic E-state index is 0.0710. The van der Waals surface area contributed by atoms with E-state index in [4.69, 9.17) is 0 Å². The zero-order valence-electron chi connectivity index (χ0n) is 17.3. The summed E-state index contributed by atoms with van der Waals surface area (Å²) in [4.78, 5) is 14.7. The van der Waals surface area contributed by atoms with Crippen LogP contribution in [-0.4, -0.2) is 39.0 Å². The SMILES string of the molecule is CCN(c1ccc(NC(=O)CSc2nncn2-c2ccccc2C)cc1)C(C)C. The summed E-state index contributed by atoms with van der Waals surface area (Å²) in [7, 11) is 0. The van der Waals surface area contributed by atoms with Gasteiger partial charge in [-0.2, -0.15) is 0 Å². The Hall–Kier alpha value is -2.80. The second-order valence-corrected chi connectivity index (χ2v) is 7.98. The van der Waals surface area contributed by atoms with Crippen LogP contribution in [0, 0.1) is 6.92 Å². The fraction of sp³-hybridized carbons (Fsp3) is 0.318. The van der Waals surface area contributed by atoms with Gasteiger partial charge in [0.25, 0.3) is 0 Å². The highest BCUT2D eigenvalue weighted by molar-refractivity contribution is 7.99. The molecule has 1 aromatic heterocycles. The third-order valence-corrected chi connectivity index (χ3v) is 5.61. The van der Waals surface area contributed by atoms with Gasteiger partial charge >= 0.3 is 0 Å². The van der Waals surface area contributed by atoms with E-state index >= 15 is 0 Å². The Morgan fingerprint density at radius 2 is 1.90 bits per heavy atom. The van der Waals surface area contributed by atoms with Crippen LogP contribution in [0.5, 0.6) is 0 Å². The number of para-hydroxylation sites is 1. The summed E-state index contributed by atoms with van der Waals surface area (Å²) >= 11 is 1.37. The molecule has 0 bridgehead atoms. The molecule has 0 saturated heterocycles. The quantitative estimate of drug-likeness (QED) is 0.553. The Morgan fingerprint density at radius 3 is 2.55 bits per heavy atom. The van der Waals surface area contributed by atoms with Crippen LogP contribution in [0.3, 0.4) is 0 Å². The third-order valence-electron chi connectivity index (χ3n) is 4.67. The molecule has 152 valence electrons. The van der Waals surface area contributed by atoms with Crippen molar-refractivity contribution in [2.24, 2.45) is 0 Å². The first-order valence-corrected chi connectivity index (χ1v) is 10.7. The molecular formula is C22H27N5OS. The second-order valence-electron chi connectivity index (χ2n) is 7.03. The van der Waals surface area contributed by atoms with E-state index in [0.29, 0.717) is 11.2 Å². The highest BCUT2D eigenvalue weighted by atomic mass is 32.2. The molecule has 0 fully saturated rings. The lowest BCUT2D eigenvalue weighted by atomic mass is 10.2. The Balaban J connectivity index is 1.60. The number of hydrogen-bond donors (Lipinski definition) is 1. The number of nitrogens with zero attached hydrogens (tertiary/aromatic N) is 4. The molecule has 1 N–H and O–H groups in total. The van der Waals surface area contributed by atoms with Gasteiger partial charge in [0.2, 0.25) is 5.91 Å². The monoisotopic (exact) mass is 409 g/mol. The van der Waals surface area contributed by atoms with Crippen molar-refractivity contribution in [3.8, 4) is 5.69 Å². The standard InChI is InChI=1S/C22H27N5OS/c1-5-26(16(2)3)19-12-10-18(11-13-19)24-21(28)14-29-22-25-23-15-27(22)20-9-7-6-8-17(20)4/h6-13,15-16H,5,14H2,1-4H3,(H,24,28). The normalized spacial score (nSPS) is 10.9. The fourth-order valence-electron chi connectivity index (χ4n) is 3.23. The minimum Gasteiger partial charge on any atom is -0.369 e.